The predicted molar refractivity (Wildman–Crippen MR) is 103 cm³/mol. The molecule has 3 rings (SSSR count). The number of nitrogens with zero attached hydrogens (tertiary/aromatic N) is 3. The minimum Gasteiger partial charge on any atom is -0.353 e. The summed E-state index contributed by atoms with van der Waals surface area (Å²) >= 11 is 5.96. The number of hydrogen-bond donors (Lipinski definition) is 1. The summed E-state index contributed by atoms with van der Waals surface area (Å²) in [5.41, 5.74) is -1.76. The van der Waals surface area contributed by atoms with Gasteiger partial charge >= 0.3 is 12.4 Å². The molecule has 1 aromatic carbocycles. The van der Waals surface area contributed by atoms with Gasteiger partial charge < -0.3 is 10.2 Å². The number of hydrogen-bond acceptors (Lipinski definition) is 4. The highest BCUT2D eigenvalue weighted by molar-refractivity contribution is 6.33. The molecule has 168 valence electrons. The van der Waals surface area contributed by atoms with Gasteiger partial charge in [-0.3, -0.25) is 9.69 Å². The Morgan fingerprint density at radius 1 is 1.00 bits per heavy atom. The predicted octanol–water partition coefficient (Wildman–Crippen LogP) is 4.53. The average molecular weight is 467 g/mol. The fourth-order valence-electron chi connectivity index (χ4n) is 3.11. The van der Waals surface area contributed by atoms with Crippen molar-refractivity contribution in [2.75, 3.05) is 42.9 Å². The fourth-order valence-corrected chi connectivity index (χ4v) is 3.40. The maximum atomic E-state index is 12.8. The van der Waals surface area contributed by atoms with E-state index in [9.17, 15) is 31.1 Å². The summed E-state index contributed by atoms with van der Waals surface area (Å²) in [7, 11) is 0. The lowest BCUT2D eigenvalue weighted by Gasteiger charge is -2.35. The van der Waals surface area contributed by atoms with E-state index in [1.54, 1.807) is 9.80 Å². The van der Waals surface area contributed by atoms with Crippen molar-refractivity contribution in [3.8, 4) is 0 Å². The van der Waals surface area contributed by atoms with Gasteiger partial charge in [0.05, 0.1) is 22.7 Å². The van der Waals surface area contributed by atoms with Crippen molar-refractivity contribution < 1.29 is 31.1 Å². The number of piperazine rings is 1. The molecule has 1 saturated heterocycles. The zero-order valence-electron chi connectivity index (χ0n) is 15.9. The zero-order valence-corrected chi connectivity index (χ0v) is 16.7. The minimum absolute atomic E-state index is 0.0409. The number of alkyl halides is 6. The quantitative estimate of drug-likeness (QED) is 0.673. The van der Waals surface area contributed by atoms with Gasteiger partial charge in [0.2, 0.25) is 5.91 Å². The third-order valence-corrected chi connectivity index (χ3v) is 4.94. The maximum absolute atomic E-state index is 12.8. The van der Waals surface area contributed by atoms with Crippen molar-refractivity contribution in [1.82, 2.24) is 9.88 Å². The third-order valence-electron chi connectivity index (χ3n) is 4.66. The van der Waals surface area contributed by atoms with Crippen LogP contribution in [0.1, 0.15) is 11.1 Å². The van der Waals surface area contributed by atoms with Crippen LogP contribution in [0.2, 0.25) is 5.02 Å². The SMILES string of the molecule is O=C(CN1CCN(c2ncc(C(F)(F)F)cc2Cl)CC1)Nc1cccc(C(F)(F)F)c1. The molecule has 12 heteroatoms. The van der Waals surface area contributed by atoms with Crippen LogP contribution in [0.3, 0.4) is 0 Å². The summed E-state index contributed by atoms with van der Waals surface area (Å²) in [6, 6.07) is 5.16. The van der Waals surface area contributed by atoms with Gasteiger partial charge in [-0.15, -0.1) is 0 Å². The number of aromatic nitrogens is 1. The fraction of sp³-hybridized carbons (Fsp3) is 0.368. The third kappa shape index (κ3) is 6.01. The molecule has 1 fully saturated rings. The van der Waals surface area contributed by atoms with E-state index in [1.807, 2.05) is 0 Å². The first-order valence-electron chi connectivity index (χ1n) is 9.10. The van der Waals surface area contributed by atoms with E-state index >= 15 is 0 Å². The van der Waals surface area contributed by atoms with Crippen LogP contribution in [0.15, 0.2) is 36.5 Å². The first-order valence-corrected chi connectivity index (χ1v) is 9.48. The Morgan fingerprint density at radius 3 is 2.23 bits per heavy atom. The number of amides is 1. The smallest absolute Gasteiger partial charge is 0.353 e. The highest BCUT2D eigenvalue weighted by Crippen LogP contribution is 2.34. The molecule has 1 aromatic heterocycles. The number of pyridine rings is 1. The van der Waals surface area contributed by atoms with Gasteiger partial charge in [-0.2, -0.15) is 26.3 Å². The van der Waals surface area contributed by atoms with Crippen molar-refractivity contribution in [3.63, 3.8) is 0 Å². The maximum Gasteiger partial charge on any atom is 0.417 e. The molecule has 0 bridgehead atoms. The molecule has 0 aliphatic carbocycles. The molecule has 31 heavy (non-hydrogen) atoms. The van der Waals surface area contributed by atoms with Crippen LogP contribution in [0, 0.1) is 0 Å². The molecule has 1 aliphatic rings. The van der Waals surface area contributed by atoms with Crippen molar-refractivity contribution >= 4 is 29.0 Å². The molecule has 1 N–H and O–H groups in total. The normalized spacial score (nSPS) is 15.8. The number of benzene rings is 1. The summed E-state index contributed by atoms with van der Waals surface area (Å²) in [5, 5.41) is 2.32. The molecule has 1 aliphatic heterocycles. The second-order valence-electron chi connectivity index (χ2n) is 6.92. The van der Waals surface area contributed by atoms with Gasteiger partial charge in [0, 0.05) is 38.1 Å². The average Bonchev–Trinajstić information content (AvgIpc) is 2.67. The Kier molecular flexibility index (Phi) is 6.65. The minimum atomic E-state index is -4.54. The van der Waals surface area contributed by atoms with Crippen molar-refractivity contribution in [1.29, 1.82) is 0 Å². The number of carbonyl (C=O) groups excluding carboxylic acids is 1. The number of anilines is 2. The van der Waals surface area contributed by atoms with Crippen molar-refractivity contribution in [2.45, 2.75) is 12.4 Å². The summed E-state index contributed by atoms with van der Waals surface area (Å²) in [5.74, 6) is -0.249. The molecule has 1 amide bonds. The lowest BCUT2D eigenvalue weighted by molar-refractivity contribution is -0.138. The number of carbonyl (C=O) groups is 1. The van der Waals surface area contributed by atoms with Crippen LogP contribution >= 0.6 is 11.6 Å². The second-order valence-corrected chi connectivity index (χ2v) is 7.32. The summed E-state index contributed by atoms with van der Waals surface area (Å²) < 4.78 is 76.5. The summed E-state index contributed by atoms with van der Waals surface area (Å²) in [6.45, 7) is 1.49. The van der Waals surface area contributed by atoms with Gasteiger partial charge in [-0.05, 0) is 24.3 Å². The van der Waals surface area contributed by atoms with Crippen molar-refractivity contribution in [2.24, 2.45) is 0 Å². The summed E-state index contributed by atoms with van der Waals surface area (Å²) in [6.07, 6.45) is -8.33. The zero-order chi connectivity index (χ0) is 22.8. The lowest BCUT2D eigenvalue weighted by atomic mass is 10.2. The van der Waals surface area contributed by atoms with E-state index < -0.39 is 29.4 Å². The first kappa shape index (κ1) is 23.1. The molecule has 5 nitrogen and oxygen atoms in total. The molecule has 2 aromatic rings. The van der Waals surface area contributed by atoms with Gasteiger partial charge in [0.15, 0.2) is 0 Å². The second kappa shape index (κ2) is 8.91. The molecule has 2 heterocycles. The van der Waals surface area contributed by atoms with Crippen LogP contribution in [0.5, 0.6) is 0 Å². The van der Waals surface area contributed by atoms with E-state index in [0.717, 1.165) is 24.4 Å². The summed E-state index contributed by atoms with van der Waals surface area (Å²) in [4.78, 5) is 19.5. The van der Waals surface area contributed by atoms with Gasteiger partial charge in [-0.1, -0.05) is 17.7 Å². The van der Waals surface area contributed by atoms with E-state index in [-0.39, 0.29) is 23.1 Å². The van der Waals surface area contributed by atoms with E-state index in [2.05, 4.69) is 10.3 Å². The topological polar surface area (TPSA) is 48.5 Å². The van der Waals surface area contributed by atoms with Crippen LogP contribution < -0.4 is 10.2 Å². The Morgan fingerprint density at radius 2 is 1.65 bits per heavy atom. The first-order chi connectivity index (χ1) is 14.4. The standard InChI is InChI=1S/C19H17ClF6N4O/c20-15-9-13(19(24,25)26)10-27-17(15)30-6-4-29(5-7-30)11-16(31)28-14-3-1-2-12(8-14)18(21,22)23/h1-3,8-10H,4-7,11H2,(H,28,31). The largest absolute Gasteiger partial charge is 0.417 e. The van der Waals surface area contributed by atoms with E-state index in [1.165, 1.54) is 12.1 Å². The Labute approximate surface area is 178 Å². The molecule has 0 spiro atoms. The number of rotatable bonds is 4. The molecule has 0 atom stereocenters. The Bertz CT molecular complexity index is 942. The molecule has 0 saturated carbocycles. The van der Waals surface area contributed by atoms with Crippen molar-refractivity contribution in [3.05, 3.63) is 52.7 Å². The lowest BCUT2D eigenvalue weighted by Crippen LogP contribution is -2.49. The molecular formula is C19H17ClF6N4O. The van der Waals surface area contributed by atoms with Gasteiger partial charge in [-0.25, -0.2) is 4.98 Å². The van der Waals surface area contributed by atoms with Crippen LogP contribution in [-0.2, 0) is 17.1 Å². The highest BCUT2D eigenvalue weighted by Gasteiger charge is 2.33. The molecular weight excluding hydrogens is 450 g/mol. The van der Waals surface area contributed by atoms with Crippen LogP contribution in [0.25, 0.3) is 0 Å². The Hall–Kier alpha value is -2.53. The van der Waals surface area contributed by atoms with E-state index in [4.69, 9.17) is 11.6 Å². The van der Waals surface area contributed by atoms with Crippen LogP contribution in [0.4, 0.5) is 37.8 Å². The van der Waals surface area contributed by atoms with E-state index in [0.29, 0.717) is 26.2 Å². The monoisotopic (exact) mass is 466 g/mol. The van der Waals surface area contributed by atoms with Crippen LogP contribution in [-0.4, -0.2) is 48.5 Å². The van der Waals surface area contributed by atoms with Gasteiger partial charge in [0.25, 0.3) is 0 Å². The molecule has 0 radical (unpaired) electrons. The number of nitrogens with one attached hydrogen (secondary N) is 1. The Balaban J connectivity index is 1.54. The number of halogens is 7. The van der Waals surface area contributed by atoms with Gasteiger partial charge in [0.1, 0.15) is 5.82 Å². The molecule has 0 unspecified atom stereocenters. The highest BCUT2D eigenvalue weighted by atomic mass is 35.5.